The van der Waals surface area contributed by atoms with Gasteiger partial charge in [-0.1, -0.05) is 6.07 Å². The zero-order valence-corrected chi connectivity index (χ0v) is 17.0. The SMILES string of the molecule is O=c1[nH]c2c(cc1C(O)O)CC1C3Cc4ccc(O)cc4C1(CCN3CC1CC1)C2. The molecule has 2 bridgehead atoms. The quantitative estimate of drug-likeness (QED) is 0.581. The summed E-state index contributed by atoms with van der Waals surface area (Å²) in [6.45, 7) is 2.23. The molecule has 1 saturated carbocycles. The monoisotopic (exact) mass is 408 g/mol. The van der Waals surface area contributed by atoms with E-state index in [4.69, 9.17) is 0 Å². The highest BCUT2D eigenvalue weighted by Gasteiger charge is 2.55. The number of aliphatic hydroxyl groups is 2. The number of rotatable bonds is 3. The second-order valence-electron chi connectivity index (χ2n) is 9.88. The van der Waals surface area contributed by atoms with E-state index in [1.165, 1.54) is 30.5 Å². The summed E-state index contributed by atoms with van der Waals surface area (Å²) in [6.07, 6.45) is 4.47. The molecule has 158 valence electrons. The van der Waals surface area contributed by atoms with Gasteiger partial charge in [0.05, 0.1) is 5.56 Å². The number of likely N-dealkylation sites (tertiary alicyclic amines) is 1. The van der Waals surface area contributed by atoms with E-state index >= 15 is 0 Å². The molecule has 1 aromatic carbocycles. The molecule has 0 radical (unpaired) electrons. The van der Waals surface area contributed by atoms with Crippen LogP contribution in [0.1, 0.15) is 53.5 Å². The van der Waals surface area contributed by atoms with E-state index < -0.39 is 11.8 Å². The molecule has 2 aromatic rings. The molecule has 1 aliphatic heterocycles. The summed E-state index contributed by atoms with van der Waals surface area (Å²) in [5, 5.41) is 29.5. The lowest BCUT2D eigenvalue weighted by atomic mass is 9.52. The molecule has 6 heteroatoms. The van der Waals surface area contributed by atoms with Crippen molar-refractivity contribution in [1.29, 1.82) is 0 Å². The van der Waals surface area contributed by atoms with E-state index in [-0.39, 0.29) is 11.0 Å². The molecule has 2 heterocycles. The van der Waals surface area contributed by atoms with Gasteiger partial charge < -0.3 is 20.3 Å². The second kappa shape index (κ2) is 6.42. The number of nitrogens with zero attached hydrogens (tertiary/aromatic N) is 1. The maximum atomic E-state index is 12.4. The largest absolute Gasteiger partial charge is 0.508 e. The van der Waals surface area contributed by atoms with E-state index in [0.29, 0.717) is 17.7 Å². The zero-order chi connectivity index (χ0) is 20.6. The third-order valence-corrected chi connectivity index (χ3v) is 8.19. The molecule has 3 aliphatic carbocycles. The van der Waals surface area contributed by atoms with Crippen LogP contribution in [0.2, 0.25) is 0 Å². The van der Waals surface area contributed by atoms with Gasteiger partial charge in [-0.2, -0.15) is 0 Å². The Morgan fingerprint density at radius 1 is 1.17 bits per heavy atom. The Bertz CT molecular complexity index is 1070. The lowest BCUT2D eigenvalue weighted by Crippen LogP contribution is -2.63. The minimum absolute atomic E-state index is 0.0264. The van der Waals surface area contributed by atoms with E-state index in [1.807, 2.05) is 6.07 Å². The lowest BCUT2D eigenvalue weighted by molar-refractivity contribution is -0.0438. The first-order valence-electron chi connectivity index (χ1n) is 11.1. The molecule has 6 nitrogen and oxygen atoms in total. The molecule has 2 fully saturated rings. The number of hydrogen-bond donors (Lipinski definition) is 4. The summed E-state index contributed by atoms with van der Waals surface area (Å²) in [5.74, 6) is 1.53. The van der Waals surface area contributed by atoms with Gasteiger partial charge in [-0.05, 0) is 91.8 Å². The Labute approximate surface area is 175 Å². The van der Waals surface area contributed by atoms with Crippen LogP contribution < -0.4 is 5.56 Å². The number of phenolic OH excluding ortho intramolecular Hbond substituents is 1. The Kier molecular flexibility index (Phi) is 3.98. The summed E-state index contributed by atoms with van der Waals surface area (Å²) in [4.78, 5) is 18.1. The van der Waals surface area contributed by atoms with Crippen molar-refractivity contribution in [3.8, 4) is 5.75 Å². The van der Waals surface area contributed by atoms with Crippen LogP contribution in [-0.4, -0.2) is 44.3 Å². The second-order valence-corrected chi connectivity index (χ2v) is 9.88. The molecular weight excluding hydrogens is 380 g/mol. The molecule has 3 unspecified atom stereocenters. The number of aromatic amines is 1. The number of phenols is 1. The highest BCUT2D eigenvalue weighted by molar-refractivity contribution is 5.48. The minimum Gasteiger partial charge on any atom is -0.508 e. The van der Waals surface area contributed by atoms with E-state index in [2.05, 4.69) is 16.0 Å². The first-order chi connectivity index (χ1) is 14.4. The first kappa shape index (κ1) is 18.6. The van der Waals surface area contributed by atoms with Crippen LogP contribution in [0, 0.1) is 11.8 Å². The smallest absolute Gasteiger partial charge is 0.256 e. The summed E-state index contributed by atoms with van der Waals surface area (Å²) < 4.78 is 0. The molecule has 1 saturated heterocycles. The number of nitrogens with one attached hydrogen (secondary N) is 1. The highest BCUT2D eigenvalue weighted by Crippen LogP contribution is 2.55. The van der Waals surface area contributed by atoms with Crippen LogP contribution in [-0.2, 0) is 24.7 Å². The van der Waals surface area contributed by atoms with Gasteiger partial charge in [0.25, 0.3) is 5.56 Å². The van der Waals surface area contributed by atoms with Crippen molar-refractivity contribution < 1.29 is 15.3 Å². The van der Waals surface area contributed by atoms with Gasteiger partial charge in [-0.3, -0.25) is 9.69 Å². The molecule has 30 heavy (non-hydrogen) atoms. The minimum atomic E-state index is -1.76. The molecule has 6 rings (SSSR count). The van der Waals surface area contributed by atoms with E-state index in [1.54, 1.807) is 12.1 Å². The average molecular weight is 408 g/mol. The Morgan fingerprint density at radius 3 is 2.77 bits per heavy atom. The van der Waals surface area contributed by atoms with Gasteiger partial charge in [0.2, 0.25) is 0 Å². The van der Waals surface area contributed by atoms with Crippen LogP contribution in [0.15, 0.2) is 29.1 Å². The fourth-order valence-electron chi connectivity index (χ4n) is 6.57. The first-order valence-corrected chi connectivity index (χ1v) is 11.1. The molecule has 4 N–H and O–H groups in total. The number of hydrogen-bond acceptors (Lipinski definition) is 5. The highest BCUT2D eigenvalue weighted by atomic mass is 16.5. The third-order valence-electron chi connectivity index (χ3n) is 8.19. The number of pyridine rings is 1. The van der Waals surface area contributed by atoms with Crippen LogP contribution in [0.25, 0.3) is 0 Å². The van der Waals surface area contributed by atoms with Crippen molar-refractivity contribution in [3.05, 3.63) is 62.6 Å². The van der Waals surface area contributed by atoms with Gasteiger partial charge in [0.1, 0.15) is 5.75 Å². The van der Waals surface area contributed by atoms with Crippen molar-refractivity contribution in [2.24, 2.45) is 11.8 Å². The summed E-state index contributed by atoms with van der Waals surface area (Å²) in [6, 6.07) is 7.97. The fourth-order valence-corrected chi connectivity index (χ4v) is 6.57. The standard InChI is InChI=1S/C24H28N2O4/c27-16-4-3-14-9-21-19-8-15-7-17(23(29)30)22(28)25-20(15)11-24(19,18(14)10-16)5-6-26(21)12-13-1-2-13/h3-4,7,10,13,19,21,23,27,29-30H,1-2,5-6,8-9,11-12H2,(H,25,28). The third kappa shape index (κ3) is 2.70. The van der Waals surface area contributed by atoms with Crippen molar-refractivity contribution in [1.82, 2.24) is 9.88 Å². The van der Waals surface area contributed by atoms with Crippen LogP contribution in [0.3, 0.4) is 0 Å². The molecular formula is C24H28N2O4. The Balaban J connectivity index is 1.49. The van der Waals surface area contributed by atoms with Gasteiger partial charge in [-0.15, -0.1) is 0 Å². The predicted octanol–water partition coefficient (Wildman–Crippen LogP) is 1.76. The van der Waals surface area contributed by atoms with Crippen LogP contribution >= 0.6 is 0 Å². The molecule has 0 amide bonds. The summed E-state index contributed by atoms with van der Waals surface area (Å²) in [5.41, 5.74) is 4.01. The molecule has 3 atom stereocenters. The maximum absolute atomic E-state index is 12.4. The number of aromatic nitrogens is 1. The van der Waals surface area contributed by atoms with Crippen molar-refractivity contribution in [2.45, 2.75) is 56.3 Å². The molecule has 4 aliphatic rings. The lowest BCUT2D eigenvalue weighted by Gasteiger charge is -2.59. The molecule has 1 aromatic heterocycles. The summed E-state index contributed by atoms with van der Waals surface area (Å²) in [7, 11) is 0. The number of aliphatic hydroxyl groups excluding tert-OH is 1. The predicted molar refractivity (Wildman–Crippen MR) is 111 cm³/mol. The number of fused-ring (bicyclic) bond motifs is 2. The van der Waals surface area contributed by atoms with Crippen molar-refractivity contribution in [3.63, 3.8) is 0 Å². The normalized spacial score (nSPS) is 30.0. The van der Waals surface area contributed by atoms with Crippen LogP contribution in [0.5, 0.6) is 5.75 Å². The average Bonchev–Trinajstić information content (AvgIpc) is 3.52. The Morgan fingerprint density at radius 2 is 2.00 bits per heavy atom. The van der Waals surface area contributed by atoms with Gasteiger partial charge in [0, 0.05) is 23.7 Å². The number of piperidine rings is 1. The van der Waals surface area contributed by atoms with E-state index in [9.17, 15) is 20.1 Å². The van der Waals surface area contributed by atoms with Gasteiger partial charge >= 0.3 is 0 Å². The van der Waals surface area contributed by atoms with Crippen molar-refractivity contribution >= 4 is 0 Å². The number of aromatic hydroxyl groups is 1. The molecule has 0 spiro atoms. The van der Waals surface area contributed by atoms with Gasteiger partial charge in [0.15, 0.2) is 6.29 Å². The maximum Gasteiger partial charge on any atom is 0.256 e. The zero-order valence-electron chi connectivity index (χ0n) is 17.0. The Hall–Kier alpha value is -2.15. The topological polar surface area (TPSA) is 96.8 Å². The van der Waals surface area contributed by atoms with Gasteiger partial charge in [-0.25, -0.2) is 0 Å². The summed E-state index contributed by atoms with van der Waals surface area (Å²) >= 11 is 0. The fraction of sp³-hybridized carbons (Fsp3) is 0.542. The number of H-pyrrole nitrogens is 1. The van der Waals surface area contributed by atoms with E-state index in [0.717, 1.165) is 49.4 Å². The van der Waals surface area contributed by atoms with Crippen LogP contribution in [0.4, 0.5) is 0 Å². The van der Waals surface area contributed by atoms with Crippen molar-refractivity contribution in [2.75, 3.05) is 13.1 Å². The number of benzene rings is 1.